The first kappa shape index (κ1) is 20.3. The van der Waals surface area contributed by atoms with Crippen molar-refractivity contribution in [2.24, 2.45) is 0 Å². The highest BCUT2D eigenvalue weighted by Gasteiger charge is 2.39. The summed E-state index contributed by atoms with van der Waals surface area (Å²) < 4.78 is 5.39. The van der Waals surface area contributed by atoms with E-state index in [2.05, 4.69) is 10.2 Å². The molecule has 0 bridgehead atoms. The van der Waals surface area contributed by atoms with Crippen molar-refractivity contribution in [3.63, 3.8) is 0 Å². The largest absolute Gasteiger partial charge is 0.379 e. The number of hydrogen-bond acceptors (Lipinski definition) is 5. The maximum absolute atomic E-state index is 13.3. The second-order valence-electron chi connectivity index (χ2n) is 7.76. The highest BCUT2D eigenvalue weighted by atomic mass is 16.5. The highest BCUT2D eigenvalue weighted by molar-refractivity contribution is 6.36. The van der Waals surface area contributed by atoms with Crippen molar-refractivity contribution in [2.75, 3.05) is 44.7 Å². The predicted molar refractivity (Wildman–Crippen MR) is 117 cm³/mol. The van der Waals surface area contributed by atoms with E-state index in [4.69, 9.17) is 4.74 Å². The lowest BCUT2D eigenvalue weighted by atomic mass is 9.99. The molecule has 2 amide bonds. The molecule has 6 nitrogen and oxygen atoms in total. The smallest absolute Gasteiger partial charge is 0.278 e. The Morgan fingerprint density at radius 3 is 2.33 bits per heavy atom. The molecular formula is C24H27N3O3. The Morgan fingerprint density at radius 1 is 0.900 bits per heavy atom. The summed E-state index contributed by atoms with van der Waals surface area (Å²) in [6, 6.07) is 15.4. The van der Waals surface area contributed by atoms with Gasteiger partial charge in [-0.05, 0) is 42.7 Å². The summed E-state index contributed by atoms with van der Waals surface area (Å²) in [5.74, 6) is -0.514. The molecule has 2 aliphatic rings. The summed E-state index contributed by atoms with van der Waals surface area (Å²) in [4.78, 5) is 30.2. The topological polar surface area (TPSA) is 61.9 Å². The van der Waals surface area contributed by atoms with Gasteiger partial charge in [-0.25, -0.2) is 0 Å². The van der Waals surface area contributed by atoms with Crippen LogP contribution in [0, 0.1) is 13.8 Å². The molecule has 30 heavy (non-hydrogen) atoms. The van der Waals surface area contributed by atoms with E-state index in [-0.39, 0.29) is 11.8 Å². The van der Waals surface area contributed by atoms with Crippen LogP contribution in [0.1, 0.15) is 16.7 Å². The van der Waals surface area contributed by atoms with Crippen LogP contribution in [0.3, 0.4) is 0 Å². The van der Waals surface area contributed by atoms with Crippen molar-refractivity contribution >= 4 is 23.1 Å². The number of morpholine rings is 1. The summed E-state index contributed by atoms with van der Waals surface area (Å²) in [6.45, 7) is 8.09. The van der Waals surface area contributed by atoms with Crippen LogP contribution in [0.4, 0.5) is 5.69 Å². The van der Waals surface area contributed by atoms with Crippen LogP contribution in [0.5, 0.6) is 0 Å². The van der Waals surface area contributed by atoms with Crippen molar-refractivity contribution in [3.05, 3.63) is 70.9 Å². The van der Waals surface area contributed by atoms with E-state index in [1.54, 1.807) is 0 Å². The van der Waals surface area contributed by atoms with Gasteiger partial charge in [0.2, 0.25) is 0 Å². The molecule has 2 aromatic rings. The minimum atomic E-state index is -0.273. The first-order valence-electron chi connectivity index (χ1n) is 10.3. The van der Waals surface area contributed by atoms with Crippen LogP contribution in [0.25, 0.3) is 5.57 Å². The number of carbonyl (C=O) groups is 2. The molecule has 2 heterocycles. The van der Waals surface area contributed by atoms with Gasteiger partial charge in [-0.3, -0.25) is 19.4 Å². The molecule has 0 aromatic heterocycles. The number of nitrogens with one attached hydrogen (secondary N) is 1. The number of aryl methyl sites for hydroxylation is 2. The van der Waals surface area contributed by atoms with Gasteiger partial charge in [0.25, 0.3) is 11.8 Å². The first-order chi connectivity index (χ1) is 14.5. The molecule has 0 aliphatic carbocycles. The summed E-state index contributed by atoms with van der Waals surface area (Å²) in [5.41, 5.74) is 4.57. The van der Waals surface area contributed by atoms with E-state index < -0.39 is 0 Å². The third-order valence-electron chi connectivity index (χ3n) is 5.75. The highest BCUT2D eigenvalue weighted by Crippen LogP contribution is 2.31. The molecular weight excluding hydrogens is 378 g/mol. The molecule has 156 valence electrons. The van der Waals surface area contributed by atoms with Crippen molar-refractivity contribution in [3.8, 4) is 0 Å². The Labute approximate surface area is 177 Å². The average molecular weight is 405 g/mol. The van der Waals surface area contributed by atoms with E-state index >= 15 is 0 Å². The standard InChI is InChI=1S/C24H27N3O3/c1-17-8-9-19(16-18(17)2)21-22(25-20-6-4-3-5-7-20)24(29)27(23(21)28)11-10-26-12-14-30-15-13-26/h3-9,16,25H,10-15H2,1-2H3. The average Bonchev–Trinajstić information content (AvgIpc) is 2.99. The normalized spacial score (nSPS) is 17.7. The molecule has 0 radical (unpaired) electrons. The Kier molecular flexibility index (Phi) is 5.97. The Hall–Kier alpha value is -2.96. The predicted octanol–water partition coefficient (Wildman–Crippen LogP) is 2.83. The molecule has 1 N–H and O–H groups in total. The second kappa shape index (κ2) is 8.81. The van der Waals surface area contributed by atoms with Crippen molar-refractivity contribution in [1.82, 2.24) is 9.80 Å². The SMILES string of the molecule is Cc1ccc(C2=C(Nc3ccccc3)C(=O)N(CCN3CCOCC3)C2=O)cc1C. The minimum Gasteiger partial charge on any atom is -0.379 e. The van der Waals surface area contributed by atoms with Crippen molar-refractivity contribution < 1.29 is 14.3 Å². The molecule has 2 aliphatic heterocycles. The molecule has 0 spiro atoms. The van der Waals surface area contributed by atoms with Gasteiger partial charge in [-0.2, -0.15) is 0 Å². The number of amides is 2. The van der Waals surface area contributed by atoms with E-state index in [9.17, 15) is 9.59 Å². The fourth-order valence-electron chi connectivity index (χ4n) is 3.79. The summed E-state index contributed by atoms with van der Waals surface area (Å²) in [5, 5.41) is 3.21. The van der Waals surface area contributed by atoms with Gasteiger partial charge >= 0.3 is 0 Å². The number of para-hydroxylation sites is 1. The van der Waals surface area contributed by atoms with E-state index in [1.165, 1.54) is 4.90 Å². The van der Waals surface area contributed by atoms with Gasteiger partial charge in [0.05, 0.1) is 18.8 Å². The number of nitrogens with zero attached hydrogens (tertiary/aromatic N) is 2. The molecule has 0 atom stereocenters. The number of imide groups is 1. The molecule has 0 saturated carbocycles. The Balaban J connectivity index is 1.64. The van der Waals surface area contributed by atoms with Crippen molar-refractivity contribution in [2.45, 2.75) is 13.8 Å². The van der Waals surface area contributed by atoms with Crippen LogP contribution in [0.15, 0.2) is 54.2 Å². The van der Waals surface area contributed by atoms with Crippen LogP contribution >= 0.6 is 0 Å². The third kappa shape index (κ3) is 4.15. The fourth-order valence-corrected chi connectivity index (χ4v) is 3.79. The number of benzene rings is 2. The van der Waals surface area contributed by atoms with Crippen LogP contribution in [-0.4, -0.2) is 61.0 Å². The molecule has 1 saturated heterocycles. The van der Waals surface area contributed by atoms with Gasteiger partial charge in [0, 0.05) is 31.9 Å². The minimum absolute atomic E-state index is 0.241. The zero-order chi connectivity index (χ0) is 21.1. The van der Waals surface area contributed by atoms with Crippen LogP contribution < -0.4 is 5.32 Å². The maximum atomic E-state index is 13.3. The number of ether oxygens (including phenoxy) is 1. The van der Waals surface area contributed by atoms with Gasteiger partial charge in [-0.15, -0.1) is 0 Å². The Bertz CT molecular complexity index is 978. The summed E-state index contributed by atoms with van der Waals surface area (Å²) in [7, 11) is 0. The Morgan fingerprint density at radius 2 is 1.63 bits per heavy atom. The van der Waals surface area contributed by atoms with E-state index in [0.717, 1.165) is 35.5 Å². The lowest BCUT2D eigenvalue weighted by Gasteiger charge is -2.28. The zero-order valence-corrected chi connectivity index (χ0v) is 17.5. The van der Waals surface area contributed by atoms with Crippen molar-refractivity contribution in [1.29, 1.82) is 0 Å². The summed E-state index contributed by atoms with van der Waals surface area (Å²) >= 11 is 0. The van der Waals surface area contributed by atoms with Crippen LogP contribution in [0.2, 0.25) is 0 Å². The lowest BCUT2D eigenvalue weighted by molar-refractivity contribution is -0.137. The van der Waals surface area contributed by atoms with E-state index in [1.807, 2.05) is 62.4 Å². The maximum Gasteiger partial charge on any atom is 0.278 e. The number of carbonyl (C=O) groups excluding carboxylic acids is 2. The number of anilines is 1. The molecule has 6 heteroatoms. The molecule has 1 fully saturated rings. The molecule has 2 aromatic carbocycles. The second-order valence-corrected chi connectivity index (χ2v) is 7.76. The number of rotatable bonds is 6. The van der Waals surface area contributed by atoms with E-state index in [0.29, 0.717) is 37.6 Å². The number of hydrogen-bond donors (Lipinski definition) is 1. The summed E-state index contributed by atoms with van der Waals surface area (Å²) in [6.07, 6.45) is 0. The van der Waals surface area contributed by atoms with Gasteiger partial charge in [0.1, 0.15) is 5.70 Å². The molecule has 0 unspecified atom stereocenters. The van der Waals surface area contributed by atoms with Gasteiger partial charge < -0.3 is 10.1 Å². The van der Waals surface area contributed by atoms with Gasteiger partial charge in [-0.1, -0.05) is 36.4 Å². The zero-order valence-electron chi connectivity index (χ0n) is 17.5. The third-order valence-corrected chi connectivity index (χ3v) is 5.75. The van der Waals surface area contributed by atoms with Gasteiger partial charge in [0.15, 0.2) is 0 Å². The fraction of sp³-hybridized carbons (Fsp3) is 0.333. The van der Waals surface area contributed by atoms with Crippen LogP contribution in [-0.2, 0) is 14.3 Å². The lowest BCUT2D eigenvalue weighted by Crippen LogP contribution is -2.43. The first-order valence-corrected chi connectivity index (χ1v) is 10.3. The monoisotopic (exact) mass is 405 g/mol. The molecule has 4 rings (SSSR count). The quantitative estimate of drug-likeness (QED) is 0.749.